The Balaban J connectivity index is 1.67. The minimum Gasteiger partial charge on any atom is -0.333 e. The highest BCUT2D eigenvalue weighted by atomic mass is 79.9. The fourth-order valence-corrected chi connectivity index (χ4v) is 4.50. The van der Waals surface area contributed by atoms with E-state index >= 15 is 0 Å². The minimum absolute atomic E-state index is 0.0361. The summed E-state index contributed by atoms with van der Waals surface area (Å²) in [5.41, 5.74) is 4.91. The Labute approximate surface area is 174 Å². The predicted octanol–water partition coefficient (Wildman–Crippen LogP) is 5.43. The highest BCUT2D eigenvalue weighted by Gasteiger charge is 2.28. The average Bonchev–Trinajstić information content (AvgIpc) is 3.22. The van der Waals surface area contributed by atoms with Crippen molar-refractivity contribution in [2.75, 3.05) is 5.32 Å². The molecule has 2 aromatic rings. The van der Waals surface area contributed by atoms with E-state index in [2.05, 4.69) is 44.2 Å². The van der Waals surface area contributed by atoms with Gasteiger partial charge >= 0.3 is 0 Å². The number of allylic oxidation sites excluding steroid dienone is 2. The molecule has 0 saturated carbocycles. The van der Waals surface area contributed by atoms with Crippen molar-refractivity contribution in [3.8, 4) is 17.3 Å². The van der Waals surface area contributed by atoms with Gasteiger partial charge in [-0.15, -0.1) is 0 Å². The molecule has 2 aliphatic heterocycles. The molecule has 0 spiro atoms. The molecular formula is C20H15BrFN5S. The topological polar surface area (TPSA) is 73.4 Å². The van der Waals surface area contributed by atoms with Crippen LogP contribution in [0.2, 0.25) is 0 Å². The van der Waals surface area contributed by atoms with E-state index in [1.807, 2.05) is 13.0 Å². The molecule has 0 radical (unpaired) electrons. The van der Waals surface area contributed by atoms with E-state index in [0.29, 0.717) is 21.3 Å². The Morgan fingerprint density at radius 3 is 2.75 bits per heavy atom. The Bertz CT molecular complexity index is 1120. The van der Waals surface area contributed by atoms with Crippen LogP contribution in [0.5, 0.6) is 0 Å². The highest BCUT2D eigenvalue weighted by Crippen LogP contribution is 2.35. The van der Waals surface area contributed by atoms with Gasteiger partial charge in [0.25, 0.3) is 0 Å². The highest BCUT2D eigenvalue weighted by molar-refractivity contribution is 9.11. The largest absolute Gasteiger partial charge is 0.333 e. The van der Waals surface area contributed by atoms with Crippen molar-refractivity contribution in [3.63, 3.8) is 0 Å². The quantitative estimate of drug-likeness (QED) is 0.624. The third kappa shape index (κ3) is 3.32. The van der Waals surface area contributed by atoms with Crippen LogP contribution in [0.4, 0.5) is 9.52 Å². The number of anilines is 1. The zero-order chi connectivity index (χ0) is 19.8. The number of benzene rings is 1. The second kappa shape index (κ2) is 7.41. The molecule has 0 amide bonds. The lowest BCUT2D eigenvalue weighted by atomic mass is 10.00. The summed E-state index contributed by atoms with van der Waals surface area (Å²) in [5, 5.41) is 13.4. The molecule has 3 heterocycles. The van der Waals surface area contributed by atoms with Crippen molar-refractivity contribution in [3.05, 3.63) is 56.9 Å². The number of rotatable bonds is 4. The van der Waals surface area contributed by atoms with Gasteiger partial charge in [-0.05, 0) is 59.6 Å². The number of hydrogen-bond acceptors (Lipinski definition) is 6. The molecule has 140 valence electrons. The molecule has 0 aliphatic carbocycles. The Morgan fingerprint density at radius 2 is 2.07 bits per heavy atom. The molecule has 0 bridgehead atoms. The van der Waals surface area contributed by atoms with Crippen LogP contribution in [0.3, 0.4) is 0 Å². The molecule has 1 unspecified atom stereocenters. The number of fused-ring (bicyclic) bond motifs is 1. The van der Waals surface area contributed by atoms with Crippen LogP contribution in [-0.2, 0) is 0 Å². The lowest BCUT2D eigenvalue weighted by Crippen LogP contribution is -2.24. The maximum absolute atomic E-state index is 13.2. The van der Waals surface area contributed by atoms with Crippen molar-refractivity contribution < 1.29 is 4.39 Å². The zero-order valence-corrected chi connectivity index (χ0v) is 17.5. The molecule has 2 aliphatic rings. The molecule has 1 N–H and O–H groups in total. The van der Waals surface area contributed by atoms with Crippen LogP contribution in [0.15, 0.2) is 56.2 Å². The number of nitriles is 1. The molecule has 1 aromatic heterocycles. The second-order valence-electron chi connectivity index (χ2n) is 6.34. The van der Waals surface area contributed by atoms with Gasteiger partial charge in [0.05, 0.1) is 17.5 Å². The van der Waals surface area contributed by atoms with E-state index in [-0.39, 0.29) is 11.9 Å². The van der Waals surface area contributed by atoms with Gasteiger partial charge in [0.15, 0.2) is 5.13 Å². The first-order valence-electron chi connectivity index (χ1n) is 8.69. The van der Waals surface area contributed by atoms with Crippen molar-refractivity contribution in [1.82, 2.24) is 4.98 Å². The number of dihydropyridines is 1. The molecule has 1 atom stereocenters. The van der Waals surface area contributed by atoms with Crippen LogP contribution >= 0.6 is 27.3 Å². The number of hydrogen-bond donors (Lipinski definition) is 1. The summed E-state index contributed by atoms with van der Waals surface area (Å²) < 4.78 is 14.0. The van der Waals surface area contributed by atoms with Crippen molar-refractivity contribution >= 4 is 43.8 Å². The number of nitrogens with one attached hydrogen (secondary N) is 1. The molecule has 1 aromatic carbocycles. The zero-order valence-electron chi connectivity index (χ0n) is 15.1. The van der Waals surface area contributed by atoms with Crippen LogP contribution in [0.1, 0.15) is 25.1 Å². The number of aliphatic imine (C=N–C) groups is 2. The normalized spacial score (nSPS) is 18.2. The summed E-state index contributed by atoms with van der Waals surface area (Å²) in [6.07, 6.45) is 2.85. The maximum atomic E-state index is 13.2. The van der Waals surface area contributed by atoms with Crippen molar-refractivity contribution in [2.45, 2.75) is 26.3 Å². The maximum Gasteiger partial charge on any atom is 0.188 e. The third-order valence-electron chi connectivity index (χ3n) is 4.51. The summed E-state index contributed by atoms with van der Waals surface area (Å²) in [6.45, 7) is 4.02. The Hall–Kier alpha value is -2.63. The smallest absolute Gasteiger partial charge is 0.188 e. The molecule has 28 heavy (non-hydrogen) atoms. The number of aromatic nitrogens is 1. The summed E-state index contributed by atoms with van der Waals surface area (Å²) in [7, 11) is 0. The van der Waals surface area contributed by atoms with Crippen LogP contribution in [0.25, 0.3) is 11.3 Å². The predicted molar refractivity (Wildman–Crippen MR) is 115 cm³/mol. The first kappa shape index (κ1) is 18.7. The van der Waals surface area contributed by atoms with E-state index < -0.39 is 0 Å². The molecule has 0 fully saturated rings. The first-order valence-corrected chi connectivity index (χ1v) is 10.3. The van der Waals surface area contributed by atoms with Crippen molar-refractivity contribution in [2.24, 2.45) is 9.98 Å². The molecular weight excluding hydrogens is 441 g/mol. The van der Waals surface area contributed by atoms with Gasteiger partial charge in [0, 0.05) is 16.8 Å². The minimum atomic E-state index is -0.324. The lowest BCUT2D eigenvalue weighted by Gasteiger charge is -2.21. The van der Waals surface area contributed by atoms with Gasteiger partial charge in [-0.3, -0.25) is 4.99 Å². The van der Waals surface area contributed by atoms with E-state index in [4.69, 9.17) is 4.99 Å². The average molecular weight is 456 g/mol. The molecule has 5 nitrogen and oxygen atoms in total. The van der Waals surface area contributed by atoms with Crippen LogP contribution in [0, 0.1) is 17.1 Å². The van der Waals surface area contributed by atoms with E-state index in [0.717, 1.165) is 33.7 Å². The fraction of sp³-hybridized carbons (Fsp3) is 0.200. The van der Waals surface area contributed by atoms with Crippen molar-refractivity contribution in [1.29, 1.82) is 5.26 Å². The number of thiazole rings is 1. The molecule has 4 rings (SSSR count). The number of halogens is 2. The standard InChI is InChI=1S/C20H15BrFN5S/c1-3-14-15(8-13-17(25-14)10(2)24-19(13)21)26-20-27-18(16(9-23)28-20)11-4-6-12(22)7-5-11/h4-8,14H,3H2,1-2H3,(H,26,27). The van der Waals surface area contributed by atoms with Gasteiger partial charge in [0.2, 0.25) is 0 Å². The number of nitrogens with zero attached hydrogens (tertiary/aromatic N) is 4. The third-order valence-corrected chi connectivity index (χ3v) is 5.99. The Morgan fingerprint density at radius 1 is 1.32 bits per heavy atom. The fourth-order valence-electron chi connectivity index (χ4n) is 3.13. The monoisotopic (exact) mass is 455 g/mol. The van der Waals surface area contributed by atoms with E-state index in [1.165, 1.54) is 23.5 Å². The Kier molecular flexibility index (Phi) is 4.96. The second-order valence-corrected chi connectivity index (χ2v) is 8.09. The summed E-state index contributed by atoms with van der Waals surface area (Å²) in [5.74, 6) is -0.324. The SMILES string of the molecule is CCC1N=C2C(C)=NC(Br)=C2C=C1Nc1nc(-c2ccc(F)cc2)c(C#N)s1. The summed E-state index contributed by atoms with van der Waals surface area (Å²) in [6, 6.07) is 8.12. The van der Waals surface area contributed by atoms with Gasteiger partial charge in [0.1, 0.15) is 27.1 Å². The van der Waals surface area contributed by atoms with Crippen LogP contribution in [-0.4, -0.2) is 22.4 Å². The van der Waals surface area contributed by atoms with E-state index in [1.54, 1.807) is 12.1 Å². The van der Waals surface area contributed by atoms with Gasteiger partial charge < -0.3 is 5.32 Å². The summed E-state index contributed by atoms with van der Waals surface area (Å²) in [4.78, 5) is 14.3. The van der Waals surface area contributed by atoms with Gasteiger partial charge in [-0.2, -0.15) is 5.26 Å². The summed E-state index contributed by atoms with van der Waals surface area (Å²) >= 11 is 4.76. The van der Waals surface area contributed by atoms with Gasteiger partial charge in [-0.25, -0.2) is 14.4 Å². The lowest BCUT2D eigenvalue weighted by molar-refractivity contribution is 0.628. The first-order chi connectivity index (χ1) is 13.5. The molecule has 0 saturated heterocycles. The van der Waals surface area contributed by atoms with Gasteiger partial charge in [-0.1, -0.05) is 18.3 Å². The van der Waals surface area contributed by atoms with Crippen LogP contribution < -0.4 is 5.32 Å². The van der Waals surface area contributed by atoms with E-state index in [9.17, 15) is 9.65 Å². The molecule has 8 heteroatoms.